The number of amides is 2. The topological polar surface area (TPSA) is 96.2 Å². The third-order valence-electron chi connectivity index (χ3n) is 6.16. The van der Waals surface area contributed by atoms with Crippen LogP contribution in [0.2, 0.25) is 0 Å². The number of carboxylic acid groups (broad SMARTS) is 1. The zero-order chi connectivity index (χ0) is 24.0. The quantitative estimate of drug-likeness (QED) is 0.596. The second kappa shape index (κ2) is 8.68. The molecular weight excluding hydrogens is 446 g/mol. The second-order valence-corrected chi connectivity index (χ2v) is 8.83. The zero-order valence-electron chi connectivity index (χ0n) is 18.6. The van der Waals surface area contributed by atoms with E-state index in [1.807, 2.05) is 13.0 Å². The minimum absolute atomic E-state index is 0.0624. The van der Waals surface area contributed by atoms with E-state index in [1.165, 1.54) is 4.90 Å². The Labute approximate surface area is 194 Å². The molecule has 2 aromatic heterocycles. The fourth-order valence-electron chi connectivity index (χ4n) is 4.25. The molecule has 10 heteroatoms. The van der Waals surface area contributed by atoms with E-state index in [0.29, 0.717) is 11.3 Å². The van der Waals surface area contributed by atoms with E-state index in [2.05, 4.69) is 10.3 Å². The number of ether oxygens (including phenoxy) is 1. The minimum Gasteiger partial charge on any atom is -0.465 e. The van der Waals surface area contributed by atoms with Gasteiger partial charge in [-0.05, 0) is 49.6 Å². The van der Waals surface area contributed by atoms with Gasteiger partial charge in [0.25, 0.3) is 5.91 Å². The van der Waals surface area contributed by atoms with Crippen LogP contribution in [0.3, 0.4) is 0 Å². The second-order valence-electron chi connectivity index (χ2n) is 8.83. The molecule has 2 amide bonds. The fourth-order valence-corrected chi connectivity index (χ4v) is 4.25. The van der Waals surface area contributed by atoms with Crippen LogP contribution in [-0.4, -0.2) is 63.2 Å². The molecule has 8 nitrogen and oxygen atoms in total. The molecular formula is C24H24F2N4O4. The molecule has 2 N–H and O–H groups in total. The predicted octanol–water partition coefficient (Wildman–Crippen LogP) is 3.40. The maximum Gasteiger partial charge on any atom is 0.407 e. The molecule has 1 atom stereocenters. The maximum absolute atomic E-state index is 15.3. The van der Waals surface area contributed by atoms with Crippen LogP contribution < -0.4 is 5.32 Å². The van der Waals surface area contributed by atoms with Crippen LogP contribution in [-0.2, 0) is 11.2 Å². The number of carbonyl (C=O) groups is 2. The summed E-state index contributed by atoms with van der Waals surface area (Å²) < 4.78 is 38.0. The summed E-state index contributed by atoms with van der Waals surface area (Å²) in [6.45, 7) is 2.52. The Kier molecular flexibility index (Phi) is 5.68. The molecule has 1 saturated carbocycles. The number of halogens is 2. The molecule has 3 aromatic rings. The third-order valence-corrected chi connectivity index (χ3v) is 6.16. The molecule has 178 valence electrons. The first-order valence-corrected chi connectivity index (χ1v) is 11.2. The van der Waals surface area contributed by atoms with E-state index >= 15 is 8.78 Å². The van der Waals surface area contributed by atoms with Crippen LogP contribution in [0.1, 0.15) is 34.5 Å². The summed E-state index contributed by atoms with van der Waals surface area (Å²) in [6.07, 6.45) is 2.15. The number of benzene rings is 1. The highest BCUT2D eigenvalue weighted by Gasteiger charge is 2.29. The van der Waals surface area contributed by atoms with E-state index < -0.39 is 29.7 Å². The van der Waals surface area contributed by atoms with Gasteiger partial charge in [-0.1, -0.05) is 0 Å². The van der Waals surface area contributed by atoms with Gasteiger partial charge < -0.3 is 24.5 Å². The van der Waals surface area contributed by atoms with Gasteiger partial charge in [0.2, 0.25) is 0 Å². The lowest BCUT2D eigenvalue weighted by atomic mass is 10.0. The number of hydrogen-bond acceptors (Lipinski definition) is 4. The van der Waals surface area contributed by atoms with E-state index in [-0.39, 0.29) is 49.0 Å². The molecule has 0 unspecified atom stereocenters. The highest BCUT2D eigenvalue weighted by Crippen LogP contribution is 2.32. The Hall–Kier alpha value is -3.53. The number of carbonyl (C=O) groups excluding carboxylic acids is 1. The van der Waals surface area contributed by atoms with Gasteiger partial charge in [-0.15, -0.1) is 0 Å². The first-order valence-electron chi connectivity index (χ1n) is 11.2. The van der Waals surface area contributed by atoms with Gasteiger partial charge in [-0.2, -0.15) is 0 Å². The van der Waals surface area contributed by atoms with Crippen molar-refractivity contribution in [3.05, 3.63) is 58.9 Å². The molecule has 1 aliphatic heterocycles. The first-order chi connectivity index (χ1) is 16.3. The molecule has 3 heterocycles. The molecule has 0 spiro atoms. The van der Waals surface area contributed by atoms with E-state index in [9.17, 15) is 14.7 Å². The molecule has 1 saturated heterocycles. The van der Waals surface area contributed by atoms with Crippen LogP contribution >= 0.6 is 0 Å². The van der Waals surface area contributed by atoms with Crippen LogP contribution in [0, 0.1) is 18.6 Å². The summed E-state index contributed by atoms with van der Waals surface area (Å²) in [7, 11) is 0. The van der Waals surface area contributed by atoms with Crippen molar-refractivity contribution in [1.82, 2.24) is 19.6 Å². The molecule has 0 radical (unpaired) electrons. The highest BCUT2D eigenvalue weighted by molar-refractivity contribution is 5.95. The lowest BCUT2D eigenvalue weighted by Crippen LogP contribution is -2.45. The van der Waals surface area contributed by atoms with Crippen molar-refractivity contribution in [2.75, 3.05) is 19.7 Å². The van der Waals surface area contributed by atoms with Crippen LogP contribution in [0.4, 0.5) is 13.6 Å². The van der Waals surface area contributed by atoms with Gasteiger partial charge in [-0.3, -0.25) is 4.79 Å². The Morgan fingerprint density at radius 3 is 2.65 bits per heavy atom. The summed E-state index contributed by atoms with van der Waals surface area (Å²) in [4.78, 5) is 29.5. The lowest BCUT2D eigenvalue weighted by Gasteiger charge is -2.31. The molecule has 1 aromatic carbocycles. The molecule has 2 aliphatic rings. The van der Waals surface area contributed by atoms with E-state index in [4.69, 9.17) is 4.74 Å². The highest BCUT2D eigenvalue weighted by atomic mass is 19.1. The van der Waals surface area contributed by atoms with E-state index in [0.717, 1.165) is 30.5 Å². The average molecular weight is 470 g/mol. The standard InChI is InChI=1S/C24H24F2N4O4/c1-13-4-5-30-19(11-16-12-29(24(32)33)6-7-34-16)22(28-20(30)8-13)21-17(25)9-14(10-18(21)26)23(31)27-15-2-3-15/h4-5,8-10,15-16H,2-3,6-7,11-12H2,1H3,(H,27,31)(H,32,33)/t16-/m0/s1. The minimum atomic E-state index is -1.04. The largest absolute Gasteiger partial charge is 0.465 e. The summed E-state index contributed by atoms with van der Waals surface area (Å²) in [6, 6.07) is 5.76. The Morgan fingerprint density at radius 2 is 1.97 bits per heavy atom. The lowest BCUT2D eigenvalue weighted by molar-refractivity contribution is -0.0214. The molecule has 5 rings (SSSR count). The van der Waals surface area contributed by atoms with Crippen molar-refractivity contribution in [1.29, 1.82) is 0 Å². The molecule has 34 heavy (non-hydrogen) atoms. The van der Waals surface area contributed by atoms with Crippen molar-refractivity contribution in [3.8, 4) is 11.3 Å². The molecule has 1 aliphatic carbocycles. The molecule has 0 bridgehead atoms. The average Bonchev–Trinajstić information content (AvgIpc) is 3.54. The van der Waals surface area contributed by atoms with E-state index in [1.54, 1.807) is 16.7 Å². The van der Waals surface area contributed by atoms with Gasteiger partial charge in [-0.25, -0.2) is 18.6 Å². The van der Waals surface area contributed by atoms with Crippen LogP contribution in [0.5, 0.6) is 0 Å². The Bertz CT molecular complexity index is 1260. The van der Waals surface area contributed by atoms with Gasteiger partial charge >= 0.3 is 6.09 Å². The Morgan fingerprint density at radius 1 is 1.24 bits per heavy atom. The summed E-state index contributed by atoms with van der Waals surface area (Å²) in [5.41, 5.74) is 1.62. The number of hydrogen-bond donors (Lipinski definition) is 2. The Balaban J connectivity index is 1.55. The van der Waals surface area contributed by atoms with Crippen molar-refractivity contribution in [2.24, 2.45) is 0 Å². The smallest absolute Gasteiger partial charge is 0.407 e. The van der Waals surface area contributed by atoms with Crippen molar-refractivity contribution >= 4 is 17.6 Å². The maximum atomic E-state index is 15.3. The number of pyridine rings is 1. The van der Waals surface area contributed by atoms with Crippen molar-refractivity contribution in [3.63, 3.8) is 0 Å². The number of imidazole rings is 1. The number of rotatable bonds is 5. The van der Waals surface area contributed by atoms with Crippen molar-refractivity contribution < 1.29 is 28.2 Å². The predicted molar refractivity (Wildman–Crippen MR) is 119 cm³/mol. The summed E-state index contributed by atoms with van der Waals surface area (Å²) >= 11 is 0. The number of nitrogens with zero attached hydrogens (tertiary/aromatic N) is 3. The van der Waals surface area contributed by atoms with Gasteiger partial charge in [0.1, 0.15) is 17.3 Å². The van der Waals surface area contributed by atoms with Crippen LogP contribution in [0.25, 0.3) is 16.9 Å². The zero-order valence-corrected chi connectivity index (χ0v) is 18.6. The van der Waals surface area contributed by atoms with Gasteiger partial charge in [0.05, 0.1) is 36.2 Å². The van der Waals surface area contributed by atoms with Crippen LogP contribution in [0.15, 0.2) is 30.5 Å². The van der Waals surface area contributed by atoms with Gasteiger partial charge in [0, 0.05) is 30.8 Å². The molecule has 2 fully saturated rings. The number of nitrogens with one attached hydrogen (secondary N) is 1. The third kappa shape index (κ3) is 4.33. The van der Waals surface area contributed by atoms with Crippen molar-refractivity contribution in [2.45, 2.75) is 38.3 Å². The monoisotopic (exact) mass is 470 g/mol. The number of aromatic nitrogens is 2. The first kappa shape index (κ1) is 22.3. The summed E-state index contributed by atoms with van der Waals surface area (Å²) in [5.74, 6) is -2.29. The number of morpholine rings is 1. The van der Waals surface area contributed by atoms with Gasteiger partial charge in [0.15, 0.2) is 0 Å². The fraction of sp³-hybridized carbons (Fsp3) is 0.375. The summed E-state index contributed by atoms with van der Waals surface area (Å²) in [5, 5.41) is 12.1. The number of fused-ring (bicyclic) bond motifs is 1. The SMILES string of the molecule is Cc1ccn2c(C[C@H]3CN(C(=O)O)CCO3)c(-c3c(F)cc(C(=O)NC4CC4)cc3F)nc2c1. The normalized spacial score (nSPS) is 18.3. The number of aryl methyl sites for hydroxylation is 1.